The van der Waals surface area contributed by atoms with E-state index in [0.29, 0.717) is 35.2 Å². The second-order valence-corrected chi connectivity index (χ2v) is 9.74. The zero-order valence-electron chi connectivity index (χ0n) is 19.0. The van der Waals surface area contributed by atoms with Crippen LogP contribution in [0.4, 0.5) is 4.39 Å². The summed E-state index contributed by atoms with van der Waals surface area (Å²) in [4.78, 5) is 17.4. The Hall–Kier alpha value is -2.90. The molecule has 0 bridgehead atoms. The molecule has 3 aromatic rings. The van der Waals surface area contributed by atoms with Crippen LogP contribution in [0.5, 0.6) is 0 Å². The van der Waals surface area contributed by atoms with Crippen LogP contribution < -0.4 is 11.2 Å². The zero-order valence-corrected chi connectivity index (χ0v) is 20.6. The molecule has 2 aromatic carbocycles. The summed E-state index contributed by atoms with van der Waals surface area (Å²) < 4.78 is 43.1. The Morgan fingerprint density at radius 2 is 2.00 bits per heavy atom. The van der Waals surface area contributed by atoms with Gasteiger partial charge in [-0.2, -0.15) is 4.31 Å². The fourth-order valence-electron chi connectivity index (χ4n) is 3.92. The molecule has 1 aliphatic rings. The van der Waals surface area contributed by atoms with E-state index in [1.165, 1.54) is 28.2 Å². The van der Waals surface area contributed by atoms with E-state index in [1.54, 1.807) is 30.3 Å². The number of fused-ring (bicyclic) bond motifs is 1. The van der Waals surface area contributed by atoms with E-state index >= 15 is 0 Å². The van der Waals surface area contributed by atoms with Crippen molar-refractivity contribution in [3.05, 3.63) is 53.9 Å². The molecule has 188 valence electrons. The highest BCUT2D eigenvalue weighted by Gasteiger charge is 2.27. The Morgan fingerprint density at radius 3 is 2.69 bits per heavy atom. The maximum atomic E-state index is 14.2. The van der Waals surface area contributed by atoms with Gasteiger partial charge in [0.05, 0.1) is 24.1 Å². The van der Waals surface area contributed by atoms with Crippen LogP contribution >= 0.6 is 12.4 Å². The fourth-order valence-corrected chi connectivity index (χ4v) is 5.49. The molecule has 1 aromatic heterocycles. The van der Waals surface area contributed by atoms with E-state index in [2.05, 4.69) is 15.8 Å². The van der Waals surface area contributed by atoms with Gasteiger partial charge in [-0.15, -0.1) is 17.5 Å². The van der Waals surface area contributed by atoms with Crippen molar-refractivity contribution in [3.63, 3.8) is 0 Å². The molecule has 1 aliphatic heterocycles. The van der Waals surface area contributed by atoms with Crippen LogP contribution in [-0.2, 0) is 21.4 Å². The fraction of sp³-hybridized carbons (Fsp3) is 0.318. The SMILES string of the molecule is CONC(=O)c1cc(-c2cccc(S(=O)(=O)N3CCCC3)c2)c2nnn(C/C(F)=C/CN)c2c1.Cl. The Labute approximate surface area is 208 Å². The molecule has 0 saturated carbocycles. The Balaban J connectivity index is 0.00000342. The van der Waals surface area contributed by atoms with Crippen LogP contribution in [0.3, 0.4) is 0 Å². The second-order valence-electron chi connectivity index (χ2n) is 7.80. The third-order valence-electron chi connectivity index (χ3n) is 5.57. The summed E-state index contributed by atoms with van der Waals surface area (Å²) in [5, 5.41) is 8.23. The van der Waals surface area contributed by atoms with E-state index in [1.807, 2.05) is 0 Å². The molecule has 1 fully saturated rings. The molecular formula is C22H26ClFN6O4S. The molecule has 13 heteroatoms. The molecule has 0 atom stereocenters. The van der Waals surface area contributed by atoms with Gasteiger partial charge in [-0.3, -0.25) is 9.63 Å². The summed E-state index contributed by atoms with van der Waals surface area (Å²) >= 11 is 0. The lowest BCUT2D eigenvalue weighted by Gasteiger charge is -2.16. The number of nitrogens with one attached hydrogen (secondary N) is 1. The summed E-state index contributed by atoms with van der Waals surface area (Å²) in [6.45, 7) is 0.786. The number of sulfonamides is 1. The highest BCUT2D eigenvalue weighted by Crippen LogP contribution is 2.32. The largest absolute Gasteiger partial charge is 0.327 e. The number of hydroxylamine groups is 1. The van der Waals surface area contributed by atoms with Crippen molar-refractivity contribution in [1.29, 1.82) is 0 Å². The number of amides is 1. The van der Waals surface area contributed by atoms with Gasteiger partial charge >= 0.3 is 0 Å². The van der Waals surface area contributed by atoms with Gasteiger partial charge in [-0.05, 0) is 48.7 Å². The summed E-state index contributed by atoms with van der Waals surface area (Å²) in [6.07, 6.45) is 2.88. The summed E-state index contributed by atoms with van der Waals surface area (Å²) in [7, 11) is -2.34. The standard InChI is InChI=1S/C22H25FN6O4S.ClH/c1-33-26-22(30)16-12-19(21-20(13-16)29(27-25-21)14-17(23)7-8-24)15-5-4-6-18(11-15)34(31,32)28-9-2-3-10-28;/h4-7,11-13H,2-3,8-10,14,24H2,1H3,(H,26,30);1H/b17-7-;. The van der Waals surface area contributed by atoms with Gasteiger partial charge in [0.2, 0.25) is 10.0 Å². The average molecular weight is 525 g/mol. The number of carbonyl (C=O) groups is 1. The van der Waals surface area contributed by atoms with E-state index in [0.717, 1.165) is 12.8 Å². The first-order valence-corrected chi connectivity index (χ1v) is 12.1. The van der Waals surface area contributed by atoms with E-state index in [4.69, 9.17) is 10.6 Å². The number of rotatable bonds is 8. The van der Waals surface area contributed by atoms with E-state index in [9.17, 15) is 17.6 Å². The molecule has 0 radical (unpaired) electrons. The lowest BCUT2D eigenvalue weighted by molar-refractivity contribution is 0.0538. The molecule has 1 saturated heterocycles. The normalized spacial score (nSPS) is 14.8. The molecule has 0 aliphatic carbocycles. The maximum absolute atomic E-state index is 14.2. The highest BCUT2D eigenvalue weighted by atomic mass is 35.5. The molecule has 0 unspecified atom stereocenters. The van der Waals surface area contributed by atoms with E-state index in [-0.39, 0.29) is 36.0 Å². The van der Waals surface area contributed by atoms with Crippen LogP contribution in [0.15, 0.2) is 53.2 Å². The summed E-state index contributed by atoms with van der Waals surface area (Å²) in [5.74, 6) is -1.03. The minimum Gasteiger partial charge on any atom is -0.327 e. The average Bonchev–Trinajstić information content (AvgIpc) is 3.50. The van der Waals surface area contributed by atoms with Gasteiger partial charge in [0.1, 0.15) is 11.3 Å². The van der Waals surface area contributed by atoms with Gasteiger partial charge in [0, 0.05) is 30.8 Å². The molecular weight excluding hydrogens is 499 g/mol. The van der Waals surface area contributed by atoms with Gasteiger partial charge in [-0.1, -0.05) is 17.3 Å². The number of carbonyl (C=O) groups excluding carboxylic acids is 1. The Morgan fingerprint density at radius 1 is 1.26 bits per heavy atom. The lowest BCUT2D eigenvalue weighted by Crippen LogP contribution is -2.27. The first-order valence-electron chi connectivity index (χ1n) is 10.7. The van der Waals surface area contributed by atoms with Gasteiger partial charge in [0.15, 0.2) is 0 Å². The molecule has 35 heavy (non-hydrogen) atoms. The number of nitrogens with two attached hydrogens (primary N) is 1. The second kappa shape index (κ2) is 11.2. The minimum atomic E-state index is -3.65. The molecule has 0 spiro atoms. The van der Waals surface area contributed by atoms with Crippen LogP contribution in [-0.4, -0.2) is 60.4 Å². The topological polar surface area (TPSA) is 132 Å². The van der Waals surface area contributed by atoms with Gasteiger partial charge in [0.25, 0.3) is 5.91 Å². The van der Waals surface area contributed by atoms with Crippen molar-refractivity contribution in [1.82, 2.24) is 24.8 Å². The van der Waals surface area contributed by atoms with Crippen LogP contribution in [0.2, 0.25) is 0 Å². The van der Waals surface area contributed by atoms with Crippen LogP contribution in [0, 0.1) is 0 Å². The third kappa shape index (κ3) is 5.52. The maximum Gasteiger partial charge on any atom is 0.274 e. The monoisotopic (exact) mass is 524 g/mol. The number of hydrogen-bond acceptors (Lipinski definition) is 7. The quantitative estimate of drug-likeness (QED) is 0.432. The lowest BCUT2D eigenvalue weighted by atomic mass is 10.0. The Bertz CT molecular complexity index is 1360. The summed E-state index contributed by atoms with van der Waals surface area (Å²) in [6, 6.07) is 9.55. The number of hydrogen-bond donors (Lipinski definition) is 2. The van der Waals surface area contributed by atoms with Crippen molar-refractivity contribution < 1.29 is 22.4 Å². The van der Waals surface area contributed by atoms with Crippen molar-refractivity contribution >= 4 is 39.4 Å². The van der Waals surface area contributed by atoms with Gasteiger partial charge < -0.3 is 5.73 Å². The zero-order chi connectivity index (χ0) is 24.3. The smallest absolute Gasteiger partial charge is 0.274 e. The first kappa shape index (κ1) is 26.7. The first-order chi connectivity index (χ1) is 16.3. The summed E-state index contributed by atoms with van der Waals surface area (Å²) in [5.41, 5.74) is 9.65. The predicted octanol–water partition coefficient (Wildman–Crippen LogP) is 2.41. The van der Waals surface area contributed by atoms with Crippen molar-refractivity contribution in [2.24, 2.45) is 5.73 Å². The number of aromatic nitrogens is 3. The predicted molar refractivity (Wildman–Crippen MR) is 131 cm³/mol. The van der Waals surface area contributed by atoms with Gasteiger partial charge in [-0.25, -0.2) is 23.0 Å². The van der Waals surface area contributed by atoms with Crippen molar-refractivity contribution in [3.8, 4) is 11.1 Å². The number of benzene rings is 2. The van der Waals surface area contributed by atoms with Crippen molar-refractivity contribution in [2.75, 3.05) is 26.7 Å². The number of allylic oxidation sites excluding steroid dienone is 1. The molecule has 4 rings (SSSR count). The van der Waals surface area contributed by atoms with Crippen molar-refractivity contribution in [2.45, 2.75) is 24.3 Å². The number of halogens is 2. The molecule has 1 amide bonds. The molecule has 3 N–H and O–H groups in total. The number of nitrogens with zero attached hydrogens (tertiary/aromatic N) is 4. The third-order valence-corrected chi connectivity index (χ3v) is 7.46. The van der Waals surface area contributed by atoms with E-state index < -0.39 is 21.8 Å². The minimum absolute atomic E-state index is 0. The highest BCUT2D eigenvalue weighted by molar-refractivity contribution is 7.89. The van der Waals surface area contributed by atoms with Crippen LogP contribution in [0.25, 0.3) is 22.2 Å². The van der Waals surface area contributed by atoms with Crippen LogP contribution in [0.1, 0.15) is 23.2 Å². The Kier molecular flexibility index (Phi) is 8.56. The molecule has 2 heterocycles. The molecule has 10 nitrogen and oxygen atoms in total.